The van der Waals surface area contributed by atoms with Crippen LogP contribution in [0.1, 0.15) is 39.8 Å². The van der Waals surface area contributed by atoms with Crippen molar-refractivity contribution in [1.82, 2.24) is 14.8 Å². The van der Waals surface area contributed by atoms with Gasteiger partial charge in [-0.25, -0.2) is 4.39 Å². The van der Waals surface area contributed by atoms with Gasteiger partial charge in [-0.3, -0.25) is 4.79 Å². The molecule has 1 amide bonds. The molecule has 1 saturated heterocycles. The number of carbonyl (C=O) groups is 1. The van der Waals surface area contributed by atoms with Gasteiger partial charge < -0.3 is 29.2 Å². The number of fused-ring (bicyclic) bond motifs is 1. The number of hydrogen-bond donors (Lipinski definition) is 1. The van der Waals surface area contributed by atoms with E-state index in [-0.39, 0.29) is 18.5 Å². The molecule has 2 aromatic carbocycles. The molecule has 2 aliphatic rings. The van der Waals surface area contributed by atoms with E-state index in [0.29, 0.717) is 35.8 Å². The number of anilines is 1. The SMILES string of the molecule is CCN1CCN(c2c(C)c(C(=O)NCc3ccc4c(c3)OCO4)n(Cc3ccccc3F)c2C)CC1. The molecule has 0 saturated carbocycles. The van der Waals surface area contributed by atoms with E-state index in [9.17, 15) is 9.18 Å². The zero-order chi connectivity index (χ0) is 25.2. The summed E-state index contributed by atoms with van der Waals surface area (Å²) in [6.45, 7) is 11.9. The van der Waals surface area contributed by atoms with Crippen molar-refractivity contribution < 1.29 is 18.7 Å². The third-order valence-corrected chi connectivity index (χ3v) is 7.26. The van der Waals surface area contributed by atoms with Crippen molar-refractivity contribution in [2.24, 2.45) is 0 Å². The Kier molecular flexibility index (Phi) is 6.87. The van der Waals surface area contributed by atoms with E-state index in [1.807, 2.05) is 42.7 Å². The van der Waals surface area contributed by atoms with Crippen LogP contribution in [-0.4, -0.2) is 54.9 Å². The Bertz CT molecular complexity index is 1260. The van der Waals surface area contributed by atoms with Crippen LogP contribution in [0.15, 0.2) is 42.5 Å². The highest BCUT2D eigenvalue weighted by atomic mass is 19.1. The number of hydrogen-bond acceptors (Lipinski definition) is 5. The molecule has 2 aliphatic heterocycles. The molecule has 0 radical (unpaired) electrons. The van der Waals surface area contributed by atoms with Gasteiger partial charge in [0.1, 0.15) is 11.5 Å². The molecule has 36 heavy (non-hydrogen) atoms. The van der Waals surface area contributed by atoms with E-state index in [1.165, 1.54) is 6.07 Å². The van der Waals surface area contributed by atoms with Gasteiger partial charge in [0.15, 0.2) is 11.5 Å². The molecule has 3 heterocycles. The van der Waals surface area contributed by atoms with Crippen molar-refractivity contribution in [3.8, 4) is 11.5 Å². The van der Waals surface area contributed by atoms with Gasteiger partial charge in [0.2, 0.25) is 6.79 Å². The highest BCUT2D eigenvalue weighted by molar-refractivity contribution is 5.96. The summed E-state index contributed by atoms with van der Waals surface area (Å²) >= 11 is 0. The predicted octanol–water partition coefficient (Wildman–Crippen LogP) is 4.09. The van der Waals surface area contributed by atoms with E-state index in [1.54, 1.807) is 12.1 Å². The van der Waals surface area contributed by atoms with Gasteiger partial charge in [0, 0.05) is 49.5 Å². The zero-order valence-corrected chi connectivity index (χ0v) is 21.1. The first kappa shape index (κ1) is 24.2. The molecule has 8 heteroatoms. The van der Waals surface area contributed by atoms with Crippen LogP contribution in [0.3, 0.4) is 0 Å². The summed E-state index contributed by atoms with van der Waals surface area (Å²) in [5.74, 6) is 0.949. The fourth-order valence-electron chi connectivity index (χ4n) is 5.24. The smallest absolute Gasteiger partial charge is 0.268 e. The minimum Gasteiger partial charge on any atom is -0.454 e. The zero-order valence-electron chi connectivity index (χ0n) is 21.1. The number of ether oxygens (including phenoxy) is 2. The quantitative estimate of drug-likeness (QED) is 0.538. The van der Waals surface area contributed by atoms with Crippen LogP contribution < -0.4 is 19.7 Å². The first-order chi connectivity index (χ1) is 17.5. The number of amides is 1. The number of nitrogens with zero attached hydrogens (tertiary/aromatic N) is 3. The fourth-order valence-corrected chi connectivity index (χ4v) is 5.24. The van der Waals surface area contributed by atoms with Crippen LogP contribution in [0.2, 0.25) is 0 Å². The molecule has 0 bridgehead atoms. The Morgan fingerprint density at radius 1 is 1.03 bits per heavy atom. The molecule has 1 N–H and O–H groups in total. The Morgan fingerprint density at radius 3 is 2.53 bits per heavy atom. The number of nitrogens with one attached hydrogen (secondary N) is 1. The van der Waals surface area contributed by atoms with Crippen molar-refractivity contribution in [3.63, 3.8) is 0 Å². The Balaban J connectivity index is 1.45. The molecular formula is C28H33FN4O3. The minimum absolute atomic E-state index is 0.178. The summed E-state index contributed by atoms with van der Waals surface area (Å²) in [4.78, 5) is 18.4. The van der Waals surface area contributed by atoms with Crippen molar-refractivity contribution in [2.45, 2.75) is 33.9 Å². The second-order valence-electron chi connectivity index (χ2n) is 9.38. The Morgan fingerprint density at radius 2 is 1.78 bits per heavy atom. The number of aromatic nitrogens is 1. The maximum atomic E-state index is 14.6. The molecule has 0 atom stereocenters. The van der Waals surface area contributed by atoms with E-state index in [2.05, 4.69) is 22.0 Å². The lowest BCUT2D eigenvalue weighted by Crippen LogP contribution is -2.46. The van der Waals surface area contributed by atoms with E-state index >= 15 is 0 Å². The molecule has 190 valence electrons. The molecule has 1 fully saturated rings. The number of carbonyl (C=O) groups excluding carboxylic acids is 1. The molecule has 5 rings (SSSR count). The monoisotopic (exact) mass is 492 g/mol. The van der Waals surface area contributed by atoms with Gasteiger partial charge in [0.25, 0.3) is 5.91 Å². The highest BCUT2D eigenvalue weighted by Crippen LogP contribution is 2.34. The van der Waals surface area contributed by atoms with Crippen LogP contribution in [0, 0.1) is 19.7 Å². The summed E-state index contributed by atoms with van der Waals surface area (Å²) in [5, 5.41) is 3.07. The maximum absolute atomic E-state index is 14.6. The normalized spacial score (nSPS) is 15.4. The van der Waals surface area contributed by atoms with Crippen LogP contribution >= 0.6 is 0 Å². The summed E-state index contributed by atoms with van der Waals surface area (Å²) in [6.07, 6.45) is 0. The topological polar surface area (TPSA) is 59.0 Å². The lowest BCUT2D eigenvalue weighted by molar-refractivity contribution is 0.0941. The van der Waals surface area contributed by atoms with E-state index in [0.717, 1.165) is 55.2 Å². The molecular weight excluding hydrogens is 459 g/mol. The third-order valence-electron chi connectivity index (χ3n) is 7.26. The predicted molar refractivity (Wildman–Crippen MR) is 137 cm³/mol. The minimum atomic E-state index is -0.270. The molecule has 0 aliphatic carbocycles. The van der Waals surface area contributed by atoms with E-state index < -0.39 is 0 Å². The van der Waals surface area contributed by atoms with Gasteiger partial charge in [-0.05, 0) is 44.2 Å². The van der Waals surface area contributed by atoms with Crippen LogP contribution in [0.4, 0.5) is 10.1 Å². The van der Waals surface area contributed by atoms with E-state index in [4.69, 9.17) is 9.47 Å². The summed E-state index contributed by atoms with van der Waals surface area (Å²) in [7, 11) is 0. The van der Waals surface area contributed by atoms with Gasteiger partial charge in [-0.15, -0.1) is 0 Å². The lowest BCUT2D eigenvalue weighted by atomic mass is 10.1. The second kappa shape index (κ2) is 10.2. The number of rotatable bonds is 7. The number of halogens is 1. The molecule has 0 unspecified atom stereocenters. The lowest BCUT2D eigenvalue weighted by Gasteiger charge is -2.36. The first-order valence-corrected chi connectivity index (χ1v) is 12.5. The van der Waals surface area contributed by atoms with Crippen LogP contribution in [-0.2, 0) is 13.1 Å². The van der Waals surface area contributed by atoms with Gasteiger partial charge >= 0.3 is 0 Å². The summed E-state index contributed by atoms with van der Waals surface area (Å²) in [6, 6.07) is 12.4. The average molecular weight is 493 g/mol. The number of likely N-dealkylation sites (N-methyl/N-ethyl adjacent to an activating group) is 1. The Hall–Kier alpha value is -3.52. The highest BCUT2D eigenvalue weighted by Gasteiger charge is 2.28. The number of benzene rings is 2. The maximum Gasteiger partial charge on any atom is 0.268 e. The van der Waals surface area contributed by atoms with Crippen molar-refractivity contribution >= 4 is 11.6 Å². The van der Waals surface area contributed by atoms with Gasteiger partial charge in [-0.1, -0.05) is 31.2 Å². The van der Waals surface area contributed by atoms with Crippen molar-refractivity contribution in [1.29, 1.82) is 0 Å². The second-order valence-corrected chi connectivity index (χ2v) is 9.38. The summed E-state index contributed by atoms with van der Waals surface area (Å²) in [5.41, 5.74) is 5.04. The molecule has 3 aromatic rings. The number of piperazine rings is 1. The standard InChI is InChI=1S/C28H33FN4O3/c1-4-31-11-13-32(14-12-31)26-19(2)27(33(20(26)3)17-22-7-5-6-8-23(22)29)28(34)30-16-21-9-10-24-25(15-21)36-18-35-24/h5-10,15H,4,11-14,16-18H2,1-3H3,(H,30,34). The Labute approximate surface area is 211 Å². The first-order valence-electron chi connectivity index (χ1n) is 12.5. The van der Waals surface area contributed by atoms with Crippen molar-refractivity contribution in [2.75, 3.05) is 44.4 Å². The fraction of sp³-hybridized carbons (Fsp3) is 0.393. The largest absolute Gasteiger partial charge is 0.454 e. The third kappa shape index (κ3) is 4.65. The molecule has 0 spiro atoms. The van der Waals surface area contributed by atoms with Gasteiger partial charge in [-0.2, -0.15) is 0 Å². The molecule has 7 nitrogen and oxygen atoms in total. The average Bonchev–Trinajstić information content (AvgIpc) is 3.45. The van der Waals surface area contributed by atoms with Gasteiger partial charge in [0.05, 0.1) is 12.2 Å². The van der Waals surface area contributed by atoms with Crippen LogP contribution in [0.5, 0.6) is 11.5 Å². The summed E-state index contributed by atoms with van der Waals surface area (Å²) < 4.78 is 27.4. The molecule has 1 aromatic heterocycles. The van der Waals surface area contributed by atoms with Crippen molar-refractivity contribution in [3.05, 3.63) is 76.4 Å². The van der Waals surface area contributed by atoms with Crippen LogP contribution in [0.25, 0.3) is 0 Å².